The van der Waals surface area contributed by atoms with Gasteiger partial charge in [-0.25, -0.2) is 0 Å². The van der Waals surface area contributed by atoms with E-state index < -0.39 is 0 Å². The molecule has 0 radical (unpaired) electrons. The number of carbonyl (C=O) groups excluding carboxylic acids is 1. The van der Waals surface area contributed by atoms with Crippen molar-refractivity contribution in [2.24, 2.45) is 5.92 Å². The average Bonchev–Trinajstić information content (AvgIpc) is 2.46. The SMILES string of the molecule is COc1cc(Cl)ccc1C(=O)NCC1CCCCC1Br. The Bertz CT molecular complexity index is 481. The highest BCUT2D eigenvalue weighted by molar-refractivity contribution is 9.09. The van der Waals surface area contributed by atoms with Crippen LogP contribution in [-0.2, 0) is 0 Å². The van der Waals surface area contributed by atoms with E-state index >= 15 is 0 Å². The van der Waals surface area contributed by atoms with Gasteiger partial charge in [-0.1, -0.05) is 40.4 Å². The molecule has 0 aliphatic heterocycles. The van der Waals surface area contributed by atoms with Crippen LogP contribution in [0.1, 0.15) is 36.0 Å². The second-order valence-electron chi connectivity index (χ2n) is 5.12. The second kappa shape index (κ2) is 7.32. The van der Waals surface area contributed by atoms with Crippen molar-refractivity contribution in [1.82, 2.24) is 5.32 Å². The highest BCUT2D eigenvalue weighted by Crippen LogP contribution is 2.29. The van der Waals surface area contributed by atoms with Crippen LogP contribution in [-0.4, -0.2) is 24.4 Å². The van der Waals surface area contributed by atoms with E-state index in [-0.39, 0.29) is 5.91 Å². The summed E-state index contributed by atoms with van der Waals surface area (Å²) in [5.74, 6) is 0.906. The Morgan fingerprint density at radius 3 is 2.90 bits per heavy atom. The quantitative estimate of drug-likeness (QED) is 0.823. The number of amides is 1. The van der Waals surface area contributed by atoms with Crippen molar-refractivity contribution in [1.29, 1.82) is 0 Å². The zero-order valence-corrected chi connectivity index (χ0v) is 13.8. The lowest BCUT2D eigenvalue weighted by atomic mass is 9.89. The van der Waals surface area contributed by atoms with Crippen LogP contribution < -0.4 is 10.1 Å². The molecule has 1 fully saturated rings. The van der Waals surface area contributed by atoms with Crippen LogP contribution in [0.2, 0.25) is 5.02 Å². The van der Waals surface area contributed by atoms with Crippen LogP contribution in [0.4, 0.5) is 0 Å². The molecule has 1 aliphatic carbocycles. The molecule has 1 N–H and O–H groups in total. The van der Waals surface area contributed by atoms with Crippen LogP contribution >= 0.6 is 27.5 Å². The van der Waals surface area contributed by atoms with Gasteiger partial charge >= 0.3 is 0 Å². The Morgan fingerprint density at radius 2 is 2.20 bits per heavy atom. The number of ether oxygens (including phenoxy) is 1. The molecular formula is C15H19BrClNO2. The van der Waals surface area contributed by atoms with Gasteiger partial charge in [0.05, 0.1) is 12.7 Å². The summed E-state index contributed by atoms with van der Waals surface area (Å²) in [6, 6.07) is 5.06. The maximum absolute atomic E-state index is 12.2. The lowest BCUT2D eigenvalue weighted by molar-refractivity contribution is 0.0941. The first-order chi connectivity index (χ1) is 9.61. The van der Waals surface area contributed by atoms with Gasteiger partial charge in [-0.15, -0.1) is 0 Å². The number of halogens is 2. The summed E-state index contributed by atoms with van der Waals surface area (Å²) < 4.78 is 5.21. The number of alkyl halides is 1. The molecule has 110 valence electrons. The molecule has 0 spiro atoms. The molecule has 2 unspecified atom stereocenters. The van der Waals surface area contributed by atoms with E-state index in [9.17, 15) is 4.79 Å². The predicted octanol–water partition coefficient (Wildman–Crippen LogP) is 4.03. The van der Waals surface area contributed by atoms with Crippen molar-refractivity contribution in [3.8, 4) is 5.75 Å². The first kappa shape index (κ1) is 15.6. The maximum atomic E-state index is 12.2. The van der Waals surface area contributed by atoms with E-state index in [1.165, 1.54) is 26.4 Å². The van der Waals surface area contributed by atoms with Crippen molar-refractivity contribution in [2.75, 3.05) is 13.7 Å². The van der Waals surface area contributed by atoms with Crippen LogP contribution in [0.5, 0.6) is 5.75 Å². The summed E-state index contributed by atoms with van der Waals surface area (Å²) in [4.78, 5) is 12.7. The highest BCUT2D eigenvalue weighted by atomic mass is 79.9. The molecule has 0 heterocycles. The molecule has 1 aromatic carbocycles. The lowest BCUT2D eigenvalue weighted by Gasteiger charge is -2.27. The van der Waals surface area contributed by atoms with E-state index in [1.54, 1.807) is 18.2 Å². The fourth-order valence-electron chi connectivity index (χ4n) is 2.56. The Hall–Kier alpha value is -0.740. The number of nitrogens with one attached hydrogen (secondary N) is 1. The third kappa shape index (κ3) is 3.89. The number of hydrogen-bond donors (Lipinski definition) is 1. The summed E-state index contributed by atoms with van der Waals surface area (Å²) in [6.07, 6.45) is 4.86. The molecule has 0 bridgehead atoms. The van der Waals surface area contributed by atoms with E-state index in [0.717, 1.165) is 6.42 Å². The molecule has 5 heteroatoms. The van der Waals surface area contributed by atoms with Gasteiger partial charge in [0.15, 0.2) is 0 Å². The molecule has 3 nitrogen and oxygen atoms in total. The first-order valence-electron chi connectivity index (χ1n) is 6.87. The maximum Gasteiger partial charge on any atom is 0.255 e. The summed E-state index contributed by atoms with van der Waals surface area (Å²) in [7, 11) is 1.54. The Labute approximate surface area is 133 Å². The van der Waals surface area contributed by atoms with Crippen LogP contribution in [0.15, 0.2) is 18.2 Å². The fourth-order valence-corrected chi connectivity index (χ4v) is 3.50. The van der Waals surface area contributed by atoms with Gasteiger partial charge in [-0.3, -0.25) is 4.79 Å². The van der Waals surface area contributed by atoms with Gasteiger partial charge in [0.2, 0.25) is 0 Å². The largest absolute Gasteiger partial charge is 0.496 e. The molecule has 2 rings (SSSR count). The molecule has 1 aliphatic rings. The van der Waals surface area contributed by atoms with Gasteiger partial charge in [0.1, 0.15) is 5.75 Å². The smallest absolute Gasteiger partial charge is 0.255 e. The molecule has 1 amide bonds. The second-order valence-corrected chi connectivity index (χ2v) is 6.73. The Kier molecular flexibility index (Phi) is 5.73. The summed E-state index contributed by atoms with van der Waals surface area (Å²) in [5, 5.41) is 3.56. The van der Waals surface area contributed by atoms with E-state index in [1.807, 2.05) is 0 Å². The minimum Gasteiger partial charge on any atom is -0.496 e. The topological polar surface area (TPSA) is 38.3 Å². The Balaban J connectivity index is 1.98. The van der Waals surface area contributed by atoms with Gasteiger partial charge in [0.25, 0.3) is 5.91 Å². The van der Waals surface area contributed by atoms with E-state index in [0.29, 0.717) is 33.6 Å². The van der Waals surface area contributed by atoms with Crippen molar-refractivity contribution < 1.29 is 9.53 Å². The van der Waals surface area contributed by atoms with Crippen molar-refractivity contribution in [2.45, 2.75) is 30.5 Å². The third-order valence-corrected chi connectivity index (χ3v) is 5.19. The monoisotopic (exact) mass is 359 g/mol. The summed E-state index contributed by atoms with van der Waals surface area (Å²) >= 11 is 9.61. The van der Waals surface area contributed by atoms with E-state index in [2.05, 4.69) is 21.2 Å². The molecule has 20 heavy (non-hydrogen) atoms. The molecule has 0 aromatic heterocycles. The highest BCUT2D eigenvalue weighted by Gasteiger charge is 2.23. The Morgan fingerprint density at radius 1 is 1.45 bits per heavy atom. The molecule has 1 saturated carbocycles. The minimum atomic E-state index is -0.108. The number of rotatable bonds is 4. The predicted molar refractivity (Wildman–Crippen MR) is 85.0 cm³/mol. The summed E-state index contributed by atoms with van der Waals surface area (Å²) in [5.41, 5.74) is 0.527. The molecule has 2 atom stereocenters. The van der Waals surface area contributed by atoms with E-state index in [4.69, 9.17) is 16.3 Å². The molecule has 0 saturated heterocycles. The van der Waals surface area contributed by atoms with Gasteiger partial charge in [-0.05, 0) is 37.0 Å². The number of hydrogen-bond acceptors (Lipinski definition) is 2. The van der Waals surface area contributed by atoms with Crippen molar-refractivity contribution in [3.63, 3.8) is 0 Å². The van der Waals surface area contributed by atoms with Crippen molar-refractivity contribution in [3.05, 3.63) is 28.8 Å². The van der Waals surface area contributed by atoms with Gasteiger partial charge in [0, 0.05) is 16.4 Å². The number of carbonyl (C=O) groups is 1. The standard InChI is InChI=1S/C15H19BrClNO2/c1-20-14-8-11(17)6-7-12(14)15(19)18-9-10-4-2-3-5-13(10)16/h6-8,10,13H,2-5,9H2,1H3,(H,18,19). The zero-order chi connectivity index (χ0) is 14.5. The normalized spacial score (nSPS) is 22.4. The third-order valence-electron chi connectivity index (χ3n) is 3.75. The zero-order valence-electron chi connectivity index (χ0n) is 11.5. The van der Waals surface area contributed by atoms with Crippen LogP contribution in [0, 0.1) is 5.92 Å². The van der Waals surface area contributed by atoms with Gasteiger partial charge in [-0.2, -0.15) is 0 Å². The van der Waals surface area contributed by atoms with Gasteiger partial charge < -0.3 is 10.1 Å². The number of benzene rings is 1. The van der Waals surface area contributed by atoms with Crippen molar-refractivity contribution >= 4 is 33.4 Å². The average molecular weight is 361 g/mol. The first-order valence-corrected chi connectivity index (χ1v) is 8.17. The van der Waals surface area contributed by atoms with Crippen LogP contribution in [0.3, 0.4) is 0 Å². The molecular weight excluding hydrogens is 342 g/mol. The van der Waals surface area contributed by atoms with Crippen LogP contribution in [0.25, 0.3) is 0 Å². The number of methoxy groups -OCH3 is 1. The molecule has 1 aromatic rings. The minimum absolute atomic E-state index is 0.108. The lowest BCUT2D eigenvalue weighted by Crippen LogP contribution is -2.34. The fraction of sp³-hybridized carbons (Fsp3) is 0.533. The summed E-state index contributed by atoms with van der Waals surface area (Å²) in [6.45, 7) is 0.695.